The summed E-state index contributed by atoms with van der Waals surface area (Å²) in [5, 5.41) is 2.92. The first-order valence-electron chi connectivity index (χ1n) is 5.76. The van der Waals surface area contributed by atoms with E-state index in [1.54, 1.807) is 18.3 Å². The van der Waals surface area contributed by atoms with Gasteiger partial charge < -0.3 is 11.1 Å². The molecule has 86 valence electrons. The summed E-state index contributed by atoms with van der Waals surface area (Å²) < 4.78 is 0. The third kappa shape index (κ3) is 2.51. The first-order chi connectivity index (χ1) is 7.77. The summed E-state index contributed by atoms with van der Waals surface area (Å²) in [6.07, 6.45) is 6.61. The normalized spacial score (nSPS) is 16.2. The van der Waals surface area contributed by atoms with Crippen LogP contribution in [0.3, 0.4) is 0 Å². The van der Waals surface area contributed by atoms with Gasteiger partial charge in [-0.05, 0) is 30.9 Å². The van der Waals surface area contributed by atoms with Crippen molar-refractivity contribution >= 4 is 11.7 Å². The number of nitrogens with one attached hydrogen (secondary N) is 1. The quantitative estimate of drug-likeness (QED) is 0.811. The maximum atomic E-state index is 11.8. The molecule has 0 spiro atoms. The summed E-state index contributed by atoms with van der Waals surface area (Å²) in [6, 6.07) is 3.42. The number of aromatic nitrogens is 1. The summed E-state index contributed by atoms with van der Waals surface area (Å²) >= 11 is 0. The maximum Gasteiger partial charge on any atom is 0.255 e. The molecule has 0 bridgehead atoms. The molecule has 0 atom stereocenters. The standard InChI is InChI=1S/C12H17N3O/c13-11-10(6-3-7-14-11)12(16)15-8-9-4-1-2-5-9/h3,6-7,9H,1-2,4-5,8H2,(H2,13,14)(H,15,16). The molecule has 3 N–H and O–H groups in total. The molecule has 2 rings (SSSR count). The summed E-state index contributed by atoms with van der Waals surface area (Å²) in [7, 11) is 0. The van der Waals surface area contributed by atoms with Crippen molar-refractivity contribution in [3.8, 4) is 0 Å². The second-order valence-electron chi connectivity index (χ2n) is 4.30. The van der Waals surface area contributed by atoms with Gasteiger partial charge in [0.15, 0.2) is 0 Å². The third-order valence-corrected chi connectivity index (χ3v) is 3.11. The molecule has 16 heavy (non-hydrogen) atoms. The van der Waals surface area contributed by atoms with Crippen molar-refractivity contribution in [2.24, 2.45) is 5.92 Å². The fraction of sp³-hybridized carbons (Fsp3) is 0.500. The molecule has 0 unspecified atom stereocenters. The zero-order chi connectivity index (χ0) is 11.4. The molecule has 4 heteroatoms. The van der Waals surface area contributed by atoms with Crippen LogP contribution in [0.2, 0.25) is 0 Å². The predicted octanol–water partition coefficient (Wildman–Crippen LogP) is 1.58. The number of anilines is 1. The van der Waals surface area contributed by atoms with Gasteiger partial charge in [0.25, 0.3) is 5.91 Å². The van der Waals surface area contributed by atoms with Crippen LogP contribution in [0.25, 0.3) is 0 Å². The number of carbonyl (C=O) groups excluding carboxylic acids is 1. The van der Waals surface area contributed by atoms with Crippen LogP contribution in [-0.2, 0) is 0 Å². The van der Waals surface area contributed by atoms with Gasteiger partial charge >= 0.3 is 0 Å². The number of carbonyl (C=O) groups is 1. The number of nitrogens with two attached hydrogens (primary N) is 1. The highest BCUT2D eigenvalue weighted by Crippen LogP contribution is 2.23. The second kappa shape index (κ2) is 4.96. The number of nitrogens with zero attached hydrogens (tertiary/aromatic N) is 1. The number of rotatable bonds is 3. The Morgan fingerprint density at radius 2 is 2.25 bits per heavy atom. The number of hydrogen-bond acceptors (Lipinski definition) is 3. The first kappa shape index (κ1) is 10.9. The molecule has 0 radical (unpaired) electrons. The number of amides is 1. The predicted molar refractivity (Wildman–Crippen MR) is 62.9 cm³/mol. The minimum atomic E-state index is -0.113. The second-order valence-corrected chi connectivity index (χ2v) is 4.30. The molecule has 1 aromatic heterocycles. The van der Waals surface area contributed by atoms with Crippen LogP contribution >= 0.6 is 0 Å². The van der Waals surface area contributed by atoms with Crippen molar-refractivity contribution < 1.29 is 4.79 Å². The minimum absolute atomic E-state index is 0.113. The van der Waals surface area contributed by atoms with Crippen LogP contribution < -0.4 is 11.1 Å². The van der Waals surface area contributed by atoms with Crippen LogP contribution in [0.5, 0.6) is 0 Å². The SMILES string of the molecule is Nc1ncccc1C(=O)NCC1CCCC1. The average Bonchev–Trinajstić information content (AvgIpc) is 2.79. The van der Waals surface area contributed by atoms with E-state index in [0.717, 1.165) is 6.54 Å². The molecular weight excluding hydrogens is 202 g/mol. The van der Waals surface area contributed by atoms with E-state index in [2.05, 4.69) is 10.3 Å². The number of nitrogen functional groups attached to an aromatic ring is 1. The number of hydrogen-bond donors (Lipinski definition) is 2. The molecular formula is C12H17N3O. The number of pyridine rings is 1. The molecule has 1 aromatic rings. The van der Waals surface area contributed by atoms with E-state index in [-0.39, 0.29) is 5.91 Å². The topological polar surface area (TPSA) is 68.0 Å². The van der Waals surface area contributed by atoms with Crippen molar-refractivity contribution in [1.82, 2.24) is 10.3 Å². The molecule has 0 aromatic carbocycles. The Bertz CT molecular complexity index is 372. The van der Waals surface area contributed by atoms with Crippen LogP contribution in [0.15, 0.2) is 18.3 Å². The summed E-state index contributed by atoms with van der Waals surface area (Å²) in [6.45, 7) is 0.757. The lowest BCUT2D eigenvalue weighted by atomic mass is 10.1. The van der Waals surface area contributed by atoms with Crippen LogP contribution in [-0.4, -0.2) is 17.4 Å². The molecule has 4 nitrogen and oxygen atoms in total. The fourth-order valence-corrected chi connectivity index (χ4v) is 2.16. The molecule has 1 amide bonds. The summed E-state index contributed by atoms with van der Waals surface area (Å²) in [4.78, 5) is 15.7. The third-order valence-electron chi connectivity index (χ3n) is 3.11. The van der Waals surface area contributed by atoms with E-state index < -0.39 is 0 Å². The lowest BCUT2D eigenvalue weighted by Crippen LogP contribution is -2.29. The van der Waals surface area contributed by atoms with Gasteiger partial charge in [-0.2, -0.15) is 0 Å². The highest BCUT2D eigenvalue weighted by Gasteiger charge is 2.16. The smallest absolute Gasteiger partial charge is 0.255 e. The first-order valence-corrected chi connectivity index (χ1v) is 5.76. The van der Waals surface area contributed by atoms with E-state index in [0.29, 0.717) is 17.3 Å². The monoisotopic (exact) mass is 219 g/mol. The van der Waals surface area contributed by atoms with E-state index in [1.807, 2.05) is 0 Å². The molecule has 1 aliphatic carbocycles. The van der Waals surface area contributed by atoms with Gasteiger partial charge in [0, 0.05) is 12.7 Å². The van der Waals surface area contributed by atoms with E-state index >= 15 is 0 Å². The summed E-state index contributed by atoms with van der Waals surface area (Å²) in [5.41, 5.74) is 6.11. The summed E-state index contributed by atoms with van der Waals surface area (Å²) in [5.74, 6) is 0.825. The van der Waals surface area contributed by atoms with Gasteiger partial charge in [-0.1, -0.05) is 12.8 Å². The van der Waals surface area contributed by atoms with Crippen molar-refractivity contribution in [2.45, 2.75) is 25.7 Å². The lowest BCUT2D eigenvalue weighted by molar-refractivity contribution is 0.0948. The Morgan fingerprint density at radius 1 is 1.50 bits per heavy atom. The van der Waals surface area contributed by atoms with Crippen molar-refractivity contribution in [1.29, 1.82) is 0 Å². The van der Waals surface area contributed by atoms with Gasteiger partial charge in [-0.25, -0.2) is 4.98 Å². The highest BCUT2D eigenvalue weighted by molar-refractivity contribution is 5.98. The van der Waals surface area contributed by atoms with Crippen molar-refractivity contribution in [2.75, 3.05) is 12.3 Å². The van der Waals surface area contributed by atoms with Gasteiger partial charge in [0.1, 0.15) is 5.82 Å². The minimum Gasteiger partial charge on any atom is -0.383 e. The van der Waals surface area contributed by atoms with E-state index in [4.69, 9.17) is 5.73 Å². The zero-order valence-corrected chi connectivity index (χ0v) is 9.28. The highest BCUT2D eigenvalue weighted by atomic mass is 16.1. The molecule has 1 saturated carbocycles. The van der Waals surface area contributed by atoms with Gasteiger partial charge in [0.05, 0.1) is 5.56 Å². The Kier molecular flexibility index (Phi) is 3.39. The molecule has 1 heterocycles. The Morgan fingerprint density at radius 3 is 2.94 bits per heavy atom. The van der Waals surface area contributed by atoms with Gasteiger partial charge in [-0.15, -0.1) is 0 Å². The molecule has 0 saturated heterocycles. The van der Waals surface area contributed by atoms with Gasteiger partial charge in [-0.3, -0.25) is 4.79 Å². The van der Waals surface area contributed by atoms with Gasteiger partial charge in [0.2, 0.25) is 0 Å². The lowest BCUT2D eigenvalue weighted by Gasteiger charge is -2.11. The maximum absolute atomic E-state index is 11.8. The molecule has 1 aliphatic rings. The van der Waals surface area contributed by atoms with E-state index in [1.165, 1.54) is 25.7 Å². The van der Waals surface area contributed by atoms with E-state index in [9.17, 15) is 4.79 Å². The Balaban J connectivity index is 1.90. The van der Waals surface area contributed by atoms with Crippen LogP contribution in [0, 0.1) is 5.92 Å². The Hall–Kier alpha value is -1.58. The molecule has 0 aliphatic heterocycles. The fourth-order valence-electron chi connectivity index (χ4n) is 2.16. The Labute approximate surface area is 95.3 Å². The van der Waals surface area contributed by atoms with Crippen LogP contribution in [0.4, 0.5) is 5.82 Å². The zero-order valence-electron chi connectivity index (χ0n) is 9.28. The largest absolute Gasteiger partial charge is 0.383 e. The van der Waals surface area contributed by atoms with Crippen molar-refractivity contribution in [3.05, 3.63) is 23.9 Å². The van der Waals surface area contributed by atoms with Crippen molar-refractivity contribution in [3.63, 3.8) is 0 Å². The molecule has 1 fully saturated rings. The average molecular weight is 219 g/mol. The van der Waals surface area contributed by atoms with Crippen LogP contribution in [0.1, 0.15) is 36.0 Å².